The van der Waals surface area contributed by atoms with Crippen molar-refractivity contribution in [3.05, 3.63) is 87.5 Å². The maximum absolute atomic E-state index is 14.1. The molecule has 1 aliphatic rings. The van der Waals surface area contributed by atoms with E-state index in [1.165, 1.54) is 17.5 Å². The molecule has 3 aromatic carbocycles. The van der Waals surface area contributed by atoms with E-state index in [1.54, 1.807) is 4.68 Å². The Bertz CT molecular complexity index is 1930. The molecule has 1 aromatic heterocycles. The van der Waals surface area contributed by atoms with E-state index < -0.39 is 39.1 Å². The first-order valence-corrected chi connectivity index (χ1v) is 17.2. The molecule has 0 radical (unpaired) electrons. The third-order valence-corrected chi connectivity index (χ3v) is 11.5. The number of halogens is 3. The topological polar surface area (TPSA) is 94.4 Å². The molecule has 12 heteroatoms. The number of alkyl halides is 3. The van der Waals surface area contributed by atoms with Crippen LogP contribution in [0.5, 0.6) is 0 Å². The summed E-state index contributed by atoms with van der Waals surface area (Å²) >= 11 is 0. The molecule has 0 N–H and O–H groups in total. The van der Waals surface area contributed by atoms with Crippen molar-refractivity contribution in [1.82, 2.24) is 19.3 Å². The molecular weight excluding hydrogens is 629 g/mol. The molecule has 4 aromatic rings. The van der Waals surface area contributed by atoms with Gasteiger partial charge in [0, 0.05) is 25.6 Å². The molecule has 0 fully saturated rings. The molecule has 0 unspecified atom stereocenters. The number of carbonyl (C=O) groups excluding carboxylic acids is 1. The number of esters is 1. The zero-order chi connectivity index (χ0) is 34.5. The Morgan fingerprint density at radius 3 is 2.43 bits per heavy atom. The molecule has 0 spiro atoms. The Labute approximate surface area is 274 Å². The van der Waals surface area contributed by atoms with Gasteiger partial charge in [0.05, 0.1) is 28.5 Å². The molecule has 0 amide bonds. The van der Waals surface area contributed by atoms with Crippen LogP contribution < -0.4 is 0 Å². The molecule has 5 rings (SSSR count). The molecule has 1 aliphatic heterocycles. The Morgan fingerprint density at radius 2 is 1.79 bits per heavy atom. The first-order valence-electron chi connectivity index (χ1n) is 15.7. The van der Waals surface area contributed by atoms with Crippen LogP contribution in [0, 0.1) is 25.2 Å². The lowest BCUT2D eigenvalue weighted by atomic mass is 9.69. The quantitative estimate of drug-likeness (QED) is 0.184. The first kappa shape index (κ1) is 34.6. The molecule has 0 saturated carbocycles. The lowest BCUT2D eigenvalue weighted by molar-refractivity contribution is -0.151. The summed E-state index contributed by atoms with van der Waals surface area (Å²) in [6.45, 7) is 12.2. The van der Waals surface area contributed by atoms with E-state index in [4.69, 9.17) is 4.74 Å². The van der Waals surface area contributed by atoms with Crippen molar-refractivity contribution in [2.75, 3.05) is 13.7 Å². The van der Waals surface area contributed by atoms with Crippen molar-refractivity contribution in [3.63, 3.8) is 0 Å². The Morgan fingerprint density at radius 1 is 1.06 bits per heavy atom. The molecule has 252 valence electrons. The summed E-state index contributed by atoms with van der Waals surface area (Å²) in [6.07, 6.45) is -3.66. The number of aryl methyl sites for hydroxylation is 3. The molecule has 0 saturated heterocycles. The zero-order valence-electron chi connectivity index (χ0n) is 27.8. The molecule has 2 atom stereocenters. The zero-order valence-corrected chi connectivity index (χ0v) is 28.6. The van der Waals surface area contributed by atoms with E-state index in [1.807, 2.05) is 71.9 Å². The van der Waals surface area contributed by atoms with Gasteiger partial charge < -0.3 is 4.74 Å². The average molecular weight is 671 g/mol. The standard InChI is InChI=1S/C35H41F3N4O4S/c1-8-23-16-24-12-13-27(35(36,37)38)18-30(24)47(44,45)41(19-23)20-26-17-25(11-10-21(26)3)31(34(5,6)33(43)46-7)28-14-15-29-32(22(28)4)39-40-42(29)9-2/h10-15,17-18,23,31H,8-9,16,19-20H2,1-7H3/t23-,31-/m0/s1. The van der Waals surface area contributed by atoms with Crippen LogP contribution in [0.15, 0.2) is 53.4 Å². The summed E-state index contributed by atoms with van der Waals surface area (Å²) in [5, 5.41) is 8.69. The largest absolute Gasteiger partial charge is 0.469 e. The second-order valence-corrected chi connectivity index (χ2v) is 14.9. The smallest absolute Gasteiger partial charge is 0.416 e. The predicted octanol–water partition coefficient (Wildman–Crippen LogP) is 7.19. The van der Waals surface area contributed by atoms with E-state index in [0.717, 1.165) is 45.4 Å². The van der Waals surface area contributed by atoms with E-state index in [-0.39, 0.29) is 23.9 Å². The van der Waals surface area contributed by atoms with Gasteiger partial charge in [-0.2, -0.15) is 17.5 Å². The van der Waals surface area contributed by atoms with Crippen molar-refractivity contribution in [3.8, 4) is 0 Å². The van der Waals surface area contributed by atoms with Crippen molar-refractivity contribution < 1.29 is 31.1 Å². The number of benzene rings is 3. The van der Waals surface area contributed by atoms with Gasteiger partial charge in [-0.1, -0.05) is 48.9 Å². The van der Waals surface area contributed by atoms with Crippen LogP contribution in [0.3, 0.4) is 0 Å². The highest BCUT2D eigenvalue weighted by molar-refractivity contribution is 7.89. The van der Waals surface area contributed by atoms with Crippen molar-refractivity contribution in [2.24, 2.45) is 11.3 Å². The molecule has 0 aliphatic carbocycles. The lowest BCUT2D eigenvalue weighted by Crippen LogP contribution is -2.35. The van der Waals surface area contributed by atoms with E-state index in [9.17, 15) is 26.4 Å². The second kappa shape index (κ2) is 12.7. The number of rotatable bonds is 8. The van der Waals surface area contributed by atoms with Gasteiger partial charge in [0.1, 0.15) is 5.52 Å². The minimum Gasteiger partial charge on any atom is -0.469 e. The van der Waals surface area contributed by atoms with Gasteiger partial charge >= 0.3 is 12.1 Å². The number of sulfonamides is 1. The highest BCUT2D eigenvalue weighted by Gasteiger charge is 2.42. The maximum Gasteiger partial charge on any atom is 0.416 e. The SMILES string of the molecule is CC[C@H]1Cc2ccc(C(F)(F)F)cc2S(=O)(=O)N(Cc2cc([C@@H](c3ccc4c(nnn4CC)c3C)C(C)(C)C(=O)OC)ccc2C)C1. The number of ether oxygens (including phenoxy) is 1. The maximum atomic E-state index is 14.1. The van der Waals surface area contributed by atoms with Crippen LogP contribution in [0.1, 0.15) is 79.0 Å². The summed E-state index contributed by atoms with van der Waals surface area (Å²) < 4.78 is 77.6. The summed E-state index contributed by atoms with van der Waals surface area (Å²) in [6, 6.07) is 12.7. The average Bonchev–Trinajstić information content (AvgIpc) is 3.41. The fraction of sp³-hybridized carbons (Fsp3) is 0.457. The first-order chi connectivity index (χ1) is 22.0. The number of nitrogens with zero attached hydrogens (tertiary/aromatic N) is 4. The van der Waals surface area contributed by atoms with Gasteiger partial charge in [-0.25, -0.2) is 13.1 Å². The number of hydrogen-bond acceptors (Lipinski definition) is 6. The van der Waals surface area contributed by atoms with Crippen LogP contribution in [0.2, 0.25) is 0 Å². The molecule has 2 heterocycles. The van der Waals surface area contributed by atoms with Gasteiger partial charge in [0.15, 0.2) is 0 Å². The fourth-order valence-corrected chi connectivity index (χ4v) is 8.54. The number of fused-ring (bicyclic) bond motifs is 2. The minimum absolute atomic E-state index is 0.0393. The van der Waals surface area contributed by atoms with Gasteiger partial charge in [-0.3, -0.25) is 4.79 Å². The summed E-state index contributed by atoms with van der Waals surface area (Å²) in [5.41, 5.74) is 3.95. The van der Waals surface area contributed by atoms with Crippen LogP contribution >= 0.6 is 0 Å². The molecular formula is C35H41F3N4O4S. The summed E-state index contributed by atoms with van der Waals surface area (Å²) in [5.74, 6) is -1.01. The van der Waals surface area contributed by atoms with Crippen LogP contribution in [0.25, 0.3) is 11.0 Å². The van der Waals surface area contributed by atoms with Crippen molar-refractivity contribution in [2.45, 2.75) is 84.5 Å². The number of hydrogen-bond donors (Lipinski definition) is 0. The van der Waals surface area contributed by atoms with Gasteiger partial charge in [-0.05, 0) is 98.5 Å². The lowest BCUT2D eigenvalue weighted by Gasteiger charge is -2.34. The molecule has 47 heavy (non-hydrogen) atoms. The third-order valence-electron chi connectivity index (χ3n) is 9.64. The Hall–Kier alpha value is -3.77. The highest BCUT2D eigenvalue weighted by Crippen LogP contribution is 2.45. The Balaban J connectivity index is 1.63. The fourth-order valence-electron chi connectivity index (χ4n) is 6.79. The van der Waals surface area contributed by atoms with Crippen LogP contribution in [0.4, 0.5) is 13.2 Å². The van der Waals surface area contributed by atoms with Gasteiger partial charge in [0.2, 0.25) is 10.0 Å². The third kappa shape index (κ3) is 6.29. The van der Waals surface area contributed by atoms with Gasteiger partial charge in [0.25, 0.3) is 0 Å². The normalized spacial score (nSPS) is 17.7. The van der Waals surface area contributed by atoms with E-state index in [2.05, 4.69) is 10.3 Å². The number of methoxy groups -OCH3 is 1. The molecule has 0 bridgehead atoms. The van der Waals surface area contributed by atoms with Gasteiger partial charge in [-0.15, -0.1) is 5.10 Å². The number of carbonyl (C=O) groups is 1. The highest BCUT2D eigenvalue weighted by atomic mass is 32.2. The summed E-state index contributed by atoms with van der Waals surface area (Å²) in [7, 11) is -2.93. The van der Waals surface area contributed by atoms with Crippen molar-refractivity contribution in [1.29, 1.82) is 0 Å². The summed E-state index contributed by atoms with van der Waals surface area (Å²) in [4.78, 5) is 13.0. The van der Waals surface area contributed by atoms with E-state index in [0.29, 0.717) is 30.5 Å². The monoisotopic (exact) mass is 670 g/mol. The predicted molar refractivity (Wildman–Crippen MR) is 173 cm³/mol. The molecule has 8 nitrogen and oxygen atoms in total. The van der Waals surface area contributed by atoms with Crippen LogP contribution in [-0.2, 0) is 45.2 Å². The van der Waals surface area contributed by atoms with E-state index >= 15 is 0 Å². The van der Waals surface area contributed by atoms with Crippen LogP contribution in [-0.4, -0.2) is 47.3 Å². The Kier molecular flexibility index (Phi) is 9.33. The number of aromatic nitrogens is 3. The van der Waals surface area contributed by atoms with Crippen molar-refractivity contribution >= 4 is 27.0 Å². The second-order valence-electron chi connectivity index (χ2n) is 13.0. The minimum atomic E-state index is -4.68.